The van der Waals surface area contributed by atoms with Crippen molar-refractivity contribution in [3.05, 3.63) is 59.0 Å². The number of aryl methyl sites for hydroxylation is 1. The number of benzene rings is 1. The molecule has 2 heteroatoms. The molecule has 2 aromatic rings. The van der Waals surface area contributed by atoms with Gasteiger partial charge in [0, 0.05) is 5.56 Å². The molecule has 0 aliphatic carbocycles. The van der Waals surface area contributed by atoms with Crippen LogP contribution in [0, 0.1) is 6.92 Å². The van der Waals surface area contributed by atoms with Crippen LogP contribution in [0.3, 0.4) is 0 Å². The summed E-state index contributed by atoms with van der Waals surface area (Å²) >= 11 is 0. The molecule has 2 nitrogen and oxygen atoms in total. The van der Waals surface area contributed by atoms with E-state index in [-0.39, 0.29) is 6.04 Å². The van der Waals surface area contributed by atoms with Crippen molar-refractivity contribution in [3.8, 4) is 0 Å². The van der Waals surface area contributed by atoms with E-state index in [1.807, 2.05) is 6.92 Å². The molecular formula is C19H27NO. The predicted molar refractivity (Wildman–Crippen MR) is 88.7 cm³/mol. The Labute approximate surface area is 128 Å². The first kappa shape index (κ1) is 15.8. The summed E-state index contributed by atoms with van der Waals surface area (Å²) in [5, 5.41) is 3.63. The van der Waals surface area contributed by atoms with Gasteiger partial charge >= 0.3 is 0 Å². The highest BCUT2D eigenvalue weighted by atomic mass is 16.3. The van der Waals surface area contributed by atoms with Crippen LogP contribution in [-0.2, 0) is 0 Å². The Morgan fingerprint density at radius 2 is 1.71 bits per heavy atom. The first-order valence-corrected chi connectivity index (χ1v) is 8.04. The van der Waals surface area contributed by atoms with Crippen LogP contribution in [0.1, 0.15) is 68.0 Å². The number of furan rings is 1. The van der Waals surface area contributed by atoms with Gasteiger partial charge in [-0.3, -0.25) is 0 Å². The maximum atomic E-state index is 5.49. The molecule has 2 atom stereocenters. The zero-order valence-electron chi connectivity index (χ0n) is 13.6. The van der Waals surface area contributed by atoms with E-state index in [9.17, 15) is 0 Å². The molecular weight excluding hydrogens is 258 g/mol. The number of hydrogen-bond donors (Lipinski definition) is 1. The van der Waals surface area contributed by atoms with E-state index in [0.29, 0.717) is 5.92 Å². The fraction of sp³-hybridized carbons (Fsp3) is 0.474. The van der Waals surface area contributed by atoms with E-state index in [0.717, 1.165) is 18.7 Å². The standard InChI is InChI=1S/C19H27NO/c1-5-12-20-19(18-11-13-21-15(18)4)17-9-7-16(8-10-17)14(3)6-2/h7-11,13-14,19-20H,5-6,12H2,1-4H3. The molecule has 0 aliphatic rings. The smallest absolute Gasteiger partial charge is 0.105 e. The van der Waals surface area contributed by atoms with Crippen LogP contribution in [0.25, 0.3) is 0 Å². The van der Waals surface area contributed by atoms with E-state index < -0.39 is 0 Å². The lowest BCUT2D eigenvalue weighted by molar-refractivity contribution is 0.517. The highest BCUT2D eigenvalue weighted by Crippen LogP contribution is 2.27. The topological polar surface area (TPSA) is 25.2 Å². The van der Waals surface area contributed by atoms with Crippen LogP contribution in [0.2, 0.25) is 0 Å². The first-order chi connectivity index (χ1) is 10.2. The number of hydrogen-bond acceptors (Lipinski definition) is 2. The van der Waals surface area contributed by atoms with Gasteiger partial charge in [-0.2, -0.15) is 0 Å². The second-order valence-corrected chi connectivity index (χ2v) is 5.80. The minimum Gasteiger partial charge on any atom is -0.469 e. The minimum absolute atomic E-state index is 0.217. The maximum absolute atomic E-state index is 5.49. The molecule has 0 bridgehead atoms. The van der Waals surface area contributed by atoms with Gasteiger partial charge in [-0.15, -0.1) is 0 Å². The fourth-order valence-electron chi connectivity index (χ4n) is 2.64. The molecule has 0 spiro atoms. The zero-order valence-corrected chi connectivity index (χ0v) is 13.6. The second-order valence-electron chi connectivity index (χ2n) is 5.80. The molecule has 0 aliphatic heterocycles. The van der Waals surface area contributed by atoms with Gasteiger partial charge in [0.1, 0.15) is 5.76 Å². The molecule has 0 radical (unpaired) electrons. The Morgan fingerprint density at radius 3 is 2.24 bits per heavy atom. The summed E-state index contributed by atoms with van der Waals surface area (Å²) in [6.07, 6.45) is 4.08. The van der Waals surface area contributed by atoms with Gasteiger partial charge < -0.3 is 9.73 Å². The summed E-state index contributed by atoms with van der Waals surface area (Å²) in [5.74, 6) is 1.62. The van der Waals surface area contributed by atoms with Gasteiger partial charge in [-0.25, -0.2) is 0 Å². The maximum Gasteiger partial charge on any atom is 0.105 e. The Kier molecular flexibility index (Phi) is 5.63. The average molecular weight is 285 g/mol. The van der Waals surface area contributed by atoms with Crippen molar-refractivity contribution in [3.63, 3.8) is 0 Å². The van der Waals surface area contributed by atoms with Gasteiger partial charge in [0.15, 0.2) is 0 Å². The summed E-state index contributed by atoms with van der Waals surface area (Å²) in [6, 6.07) is 11.3. The Hall–Kier alpha value is -1.54. The molecule has 1 N–H and O–H groups in total. The SMILES string of the molecule is CCCNC(c1ccc(C(C)CC)cc1)c1ccoc1C. The molecule has 2 rings (SSSR count). The van der Waals surface area contributed by atoms with Gasteiger partial charge in [-0.1, -0.05) is 45.0 Å². The summed E-state index contributed by atoms with van der Waals surface area (Å²) in [5.41, 5.74) is 3.96. The highest BCUT2D eigenvalue weighted by molar-refractivity contribution is 5.35. The Bertz CT molecular complexity index is 541. The van der Waals surface area contributed by atoms with Gasteiger partial charge in [0.2, 0.25) is 0 Å². The van der Waals surface area contributed by atoms with Crippen LogP contribution < -0.4 is 5.32 Å². The Morgan fingerprint density at radius 1 is 1.05 bits per heavy atom. The van der Waals surface area contributed by atoms with Crippen molar-refractivity contribution in [1.29, 1.82) is 0 Å². The first-order valence-electron chi connectivity index (χ1n) is 8.04. The lowest BCUT2D eigenvalue weighted by Gasteiger charge is -2.20. The molecule has 0 fully saturated rings. The third-order valence-electron chi connectivity index (χ3n) is 4.26. The van der Waals surface area contributed by atoms with E-state index in [4.69, 9.17) is 4.42 Å². The van der Waals surface area contributed by atoms with Crippen LogP contribution >= 0.6 is 0 Å². The van der Waals surface area contributed by atoms with Crippen molar-refractivity contribution >= 4 is 0 Å². The molecule has 0 saturated heterocycles. The van der Waals surface area contributed by atoms with Crippen LogP contribution in [-0.4, -0.2) is 6.54 Å². The molecule has 0 amide bonds. The highest BCUT2D eigenvalue weighted by Gasteiger charge is 2.17. The lowest BCUT2D eigenvalue weighted by Crippen LogP contribution is -2.23. The molecule has 1 aromatic heterocycles. The molecule has 114 valence electrons. The summed E-state index contributed by atoms with van der Waals surface area (Å²) in [4.78, 5) is 0. The third kappa shape index (κ3) is 3.76. The van der Waals surface area contributed by atoms with Gasteiger partial charge in [0.25, 0.3) is 0 Å². The van der Waals surface area contributed by atoms with E-state index in [2.05, 4.69) is 56.4 Å². The van der Waals surface area contributed by atoms with Crippen LogP contribution in [0.15, 0.2) is 41.0 Å². The molecule has 1 heterocycles. The van der Waals surface area contributed by atoms with Crippen molar-refractivity contribution in [2.24, 2.45) is 0 Å². The van der Waals surface area contributed by atoms with Crippen molar-refractivity contribution < 1.29 is 4.42 Å². The predicted octanol–water partition coefficient (Wildman–Crippen LogP) is 5.19. The number of nitrogens with one attached hydrogen (secondary N) is 1. The van der Waals surface area contributed by atoms with Crippen molar-refractivity contribution in [1.82, 2.24) is 5.32 Å². The summed E-state index contributed by atoms with van der Waals surface area (Å²) < 4.78 is 5.49. The normalized spacial score (nSPS) is 14.1. The second kappa shape index (κ2) is 7.46. The van der Waals surface area contributed by atoms with E-state index in [1.54, 1.807) is 6.26 Å². The summed E-state index contributed by atoms with van der Waals surface area (Å²) in [7, 11) is 0. The molecule has 21 heavy (non-hydrogen) atoms. The molecule has 2 unspecified atom stereocenters. The monoisotopic (exact) mass is 285 g/mol. The third-order valence-corrected chi connectivity index (χ3v) is 4.26. The van der Waals surface area contributed by atoms with Gasteiger partial charge in [0.05, 0.1) is 12.3 Å². The quantitative estimate of drug-likeness (QED) is 0.757. The van der Waals surface area contributed by atoms with Crippen LogP contribution in [0.4, 0.5) is 0 Å². The van der Waals surface area contributed by atoms with Crippen molar-refractivity contribution in [2.45, 2.75) is 52.5 Å². The summed E-state index contributed by atoms with van der Waals surface area (Å²) in [6.45, 7) is 9.74. The van der Waals surface area contributed by atoms with E-state index >= 15 is 0 Å². The molecule has 0 saturated carbocycles. The Balaban J connectivity index is 2.26. The average Bonchev–Trinajstić information content (AvgIpc) is 2.94. The van der Waals surface area contributed by atoms with Crippen LogP contribution in [0.5, 0.6) is 0 Å². The largest absolute Gasteiger partial charge is 0.469 e. The van der Waals surface area contributed by atoms with Crippen molar-refractivity contribution in [2.75, 3.05) is 6.54 Å². The fourth-order valence-corrected chi connectivity index (χ4v) is 2.64. The lowest BCUT2D eigenvalue weighted by atomic mass is 9.93. The van der Waals surface area contributed by atoms with Gasteiger partial charge in [-0.05, 0) is 49.4 Å². The zero-order chi connectivity index (χ0) is 15.2. The molecule has 1 aromatic carbocycles. The van der Waals surface area contributed by atoms with E-state index in [1.165, 1.54) is 23.1 Å². The minimum atomic E-state index is 0.217. The number of rotatable bonds is 7.